The zero-order chi connectivity index (χ0) is 15.1. The third-order valence-electron chi connectivity index (χ3n) is 2.91. The quantitative estimate of drug-likeness (QED) is 0.886. The van der Waals surface area contributed by atoms with E-state index in [0.717, 1.165) is 24.3 Å². The minimum atomic E-state index is -0.518. The molecular formula is C16H16FN3O. The number of hydrogen-bond donors (Lipinski definition) is 1. The van der Waals surface area contributed by atoms with E-state index in [1.54, 1.807) is 12.3 Å². The van der Waals surface area contributed by atoms with Crippen LogP contribution in [0, 0.1) is 17.1 Å². The summed E-state index contributed by atoms with van der Waals surface area (Å²) in [5.41, 5.74) is 1.71. The van der Waals surface area contributed by atoms with Crippen LogP contribution in [0.1, 0.15) is 23.7 Å². The summed E-state index contributed by atoms with van der Waals surface area (Å²) in [6.45, 7) is 3.92. The van der Waals surface area contributed by atoms with E-state index < -0.39 is 5.82 Å². The summed E-state index contributed by atoms with van der Waals surface area (Å²) in [4.78, 5) is 4.28. The van der Waals surface area contributed by atoms with Crippen molar-refractivity contribution in [1.29, 1.82) is 5.26 Å². The van der Waals surface area contributed by atoms with Crippen LogP contribution in [0.4, 0.5) is 4.39 Å². The predicted octanol–water partition coefficient (Wildman–Crippen LogP) is 2.78. The number of halogens is 1. The summed E-state index contributed by atoms with van der Waals surface area (Å²) >= 11 is 0. The first-order chi connectivity index (χ1) is 10.2. The van der Waals surface area contributed by atoms with Gasteiger partial charge in [0.1, 0.15) is 24.2 Å². The van der Waals surface area contributed by atoms with Crippen molar-refractivity contribution < 1.29 is 9.13 Å². The molecule has 2 rings (SSSR count). The van der Waals surface area contributed by atoms with Crippen molar-refractivity contribution in [3.05, 3.63) is 59.2 Å². The lowest BCUT2D eigenvalue weighted by Crippen LogP contribution is -2.12. The minimum absolute atomic E-state index is 0.0233. The SMILES string of the molecule is CCNCc1ccc(OCc2ccc(F)c(C#N)c2)cn1. The van der Waals surface area contributed by atoms with Gasteiger partial charge in [-0.1, -0.05) is 13.0 Å². The largest absolute Gasteiger partial charge is 0.487 e. The number of nitrogens with zero attached hydrogens (tertiary/aromatic N) is 2. The van der Waals surface area contributed by atoms with Crippen LogP contribution in [0.5, 0.6) is 5.75 Å². The van der Waals surface area contributed by atoms with Crippen molar-refractivity contribution in [2.24, 2.45) is 0 Å². The Morgan fingerprint density at radius 2 is 2.19 bits per heavy atom. The fourth-order valence-corrected chi connectivity index (χ4v) is 1.77. The molecular weight excluding hydrogens is 269 g/mol. The van der Waals surface area contributed by atoms with Crippen molar-refractivity contribution in [1.82, 2.24) is 10.3 Å². The lowest BCUT2D eigenvalue weighted by atomic mass is 10.1. The zero-order valence-electron chi connectivity index (χ0n) is 11.8. The highest BCUT2D eigenvalue weighted by atomic mass is 19.1. The summed E-state index contributed by atoms with van der Waals surface area (Å²) < 4.78 is 18.8. The molecule has 0 fully saturated rings. The van der Waals surface area contributed by atoms with Crippen molar-refractivity contribution >= 4 is 0 Å². The van der Waals surface area contributed by atoms with Crippen LogP contribution >= 0.6 is 0 Å². The van der Waals surface area contributed by atoms with Crippen molar-refractivity contribution in [3.63, 3.8) is 0 Å². The second-order valence-corrected chi connectivity index (χ2v) is 4.48. The predicted molar refractivity (Wildman–Crippen MR) is 77.1 cm³/mol. The van der Waals surface area contributed by atoms with Crippen LogP contribution < -0.4 is 10.1 Å². The fraction of sp³-hybridized carbons (Fsp3) is 0.250. The molecule has 0 saturated carbocycles. The molecule has 0 aliphatic rings. The molecule has 1 aromatic carbocycles. The number of pyridine rings is 1. The molecule has 0 spiro atoms. The van der Waals surface area contributed by atoms with Gasteiger partial charge < -0.3 is 10.1 Å². The number of nitriles is 1. The van der Waals surface area contributed by atoms with Crippen LogP contribution in [0.2, 0.25) is 0 Å². The summed E-state index contributed by atoms with van der Waals surface area (Å²) in [5, 5.41) is 12.0. The molecule has 108 valence electrons. The van der Waals surface area contributed by atoms with Gasteiger partial charge in [-0.3, -0.25) is 4.98 Å². The maximum Gasteiger partial charge on any atom is 0.140 e. The standard InChI is InChI=1S/C16H16FN3O/c1-2-19-9-14-4-5-15(10-20-14)21-11-12-3-6-16(17)13(7-12)8-18/h3-7,10,19H,2,9,11H2,1H3. The molecule has 1 heterocycles. The Labute approximate surface area is 123 Å². The zero-order valence-corrected chi connectivity index (χ0v) is 11.8. The van der Waals surface area contributed by atoms with Gasteiger partial charge in [0.2, 0.25) is 0 Å². The van der Waals surface area contributed by atoms with Crippen LogP contribution in [0.3, 0.4) is 0 Å². The first-order valence-corrected chi connectivity index (χ1v) is 6.70. The average molecular weight is 285 g/mol. The van der Waals surface area contributed by atoms with Gasteiger partial charge in [-0.15, -0.1) is 0 Å². The van der Waals surface area contributed by atoms with Gasteiger partial charge >= 0.3 is 0 Å². The molecule has 0 radical (unpaired) electrons. The Kier molecular flexibility index (Phi) is 5.24. The highest BCUT2D eigenvalue weighted by Crippen LogP contribution is 2.14. The van der Waals surface area contributed by atoms with Crippen LogP contribution in [-0.2, 0) is 13.2 Å². The number of nitrogens with one attached hydrogen (secondary N) is 1. The molecule has 0 saturated heterocycles. The van der Waals surface area contributed by atoms with E-state index in [9.17, 15) is 4.39 Å². The minimum Gasteiger partial charge on any atom is -0.487 e. The summed E-state index contributed by atoms with van der Waals surface area (Å²) in [7, 11) is 0. The van der Waals surface area contributed by atoms with E-state index in [1.165, 1.54) is 12.1 Å². The highest BCUT2D eigenvalue weighted by Gasteiger charge is 2.04. The van der Waals surface area contributed by atoms with E-state index in [4.69, 9.17) is 10.00 Å². The second kappa shape index (κ2) is 7.36. The Bertz CT molecular complexity index is 635. The van der Waals surface area contributed by atoms with E-state index in [1.807, 2.05) is 25.1 Å². The molecule has 0 bridgehead atoms. The molecule has 1 aromatic heterocycles. The molecule has 2 aromatic rings. The Balaban J connectivity index is 1.95. The van der Waals surface area contributed by atoms with Gasteiger partial charge in [-0.2, -0.15) is 5.26 Å². The normalized spacial score (nSPS) is 10.1. The molecule has 5 heteroatoms. The van der Waals surface area contributed by atoms with Gasteiger partial charge in [0.25, 0.3) is 0 Å². The molecule has 21 heavy (non-hydrogen) atoms. The molecule has 0 amide bonds. The molecule has 0 unspecified atom stereocenters. The van der Waals surface area contributed by atoms with Crippen LogP contribution in [0.15, 0.2) is 36.5 Å². The molecule has 0 atom stereocenters. The number of hydrogen-bond acceptors (Lipinski definition) is 4. The lowest BCUT2D eigenvalue weighted by Gasteiger charge is -2.07. The van der Waals surface area contributed by atoms with Gasteiger partial charge in [-0.25, -0.2) is 4.39 Å². The topological polar surface area (TPSA) is 57.9 Å². The Morgan fingerprint density at radius 3 is 2.86 bits per heavy atom. The van der Waals surface area contributed by atoms with Gasteiger partial charge in [0.05, 0.1) is 17.5 Å². The lowest BCUT2D eigenvalue weighted by molar-refractivity contribution is 0.304. The number of benzene rings is 1. The maximum absolute atomic E-state index is 13.2. The van der Waals surface area contributed by atoms with Crippen LogP contribution in [-0.4, -0.2) is 11.5 Å². The van der Waals surface area contributed by atoms with Crippen molar-refractivity contribution in [3.8, 4) is 11.8 Å². The fourth-order valence-electron chi connectivity index (χ4n) is 1.77. The first-order valence-electron chi connectivity index (χ1n) is 6.70. The summed E-state index contributed by atoms with van der Waals surface area (Å²) in [6, 6.07) is 9.91. The Hall–Kier alpha value is -2.45. The molecule has 4 nitrogen and oxygen atoms in total. The van der Waals surface area contributed by atoms with Gasteiger partial charge in [0, 0.05) is 6.54 Å². The number of ether oxygens (including phenoxy) is 1. The summed E-state index contributed by atoms with van der Waals surface area (Å²) in [6.07, 6.45) is 1.65. The second-order valence-electron chi connectivity index (χ2n) is 4.48. The number of rotatable bonds is 6. The van der Waals surface area contributed by atoms with Gasteiger partial charge in [-0.05, 0) is 36.4 Å². The first kappa shape index (κ1) is 14.9. The van der Waals surface area contributed by atoms with Crippen molar-refractivity contribution in [2.45, 2.75) is 20.1 Å². The van der Waals surface area contributed by atoms with E-state index >= 15 is 0 Å². The molecule has 1 N–H and O–H groups in total. The van der Waals surface area contributed by atoms with Crippen molar-refractivity contribution in [2.75, 3.05) is 6.54 Å². The third kappa shape index (κ3) is 4.26. The number of aromatic nitrogens is 1. The molecule has 0 aliphatic heterocycles. The van der Waals surface area contributed by atoms with Gasteiger partial charge in [0.15, 0.2) is 0 Å². The highest BCUT2D eigenvalue weighted by molar-refractivity contribution is 5.34. The molecule has 0 aliphatic carbocycles. The smallest absolute Gasteiger partial charge is 0.140 e. The van der Waals surface area contributed by atoms with E-state index in [2.05, 4.69) is 10.3 Å². The Morgan fingerprint density at radius 1 is 1.33 bits per heavy atom. The summed E-state index contributed by atoms with van der Waals surface area (Å²) in [5.74, 6) is 0.119. The van der Waals surface area contributed by atoms with E-state index in [0.29, 0.717) is 5.75 Å². The maximum atomic E-state index is 13.2. The van der Waals surface area contributed by atoms with E-state index in [-0.39, 0.29) is 12.2 Å². The average Bonchev–Trinajstić information content (AvgIpc) is 2.53. The monoisotopic (exact) mass is 285 g/mol. The van der Waals surface area contributed by atoms with Crippen LogP contribution in [0.25, 0.3) is 0 Å². The third-order valence-corrected chi connectivity index (χ3v) is 2.91.